The first-order valence-corrected chi connectivity index (χ1v) is 38.1. The summed E-state index contributed by atoms with van der Waals surface area (Å²) in [5.74, 6) is -0.519. The molecule has 0 spiro atoms. The highest BCUT2D eigenvalue weighted by Gasteiger charge is 2.27. The summed E-state index contributed by atoms with van der Waals surface area (Å²) in [5.41, 5.74) is 0. The third kappa shape index (κ3) is 64.8. The minimum atomic E-state index is -4.70. The predicted octanol–water partition coefficient (Wildman–Crippen LogP) is 22.6. The van der Waals surface area contributed by atoms with Crippen molar-refractivity contribution in [3.05, 3.63) is 24.3 Å². The van der Waals surface area contributed by atoms with Crippen molar-refractivity contribution in [3.8, 4) is 0 Å². The molecule has 0 saturated heterocycles. The lowest BCUT2D eigenvalue weighted by Crippen LogP contribution is -2.47. The zero-order valence-corrected chi connectivity index (χ0v) is 57.3. The second-order valence-corrected chi connectivity index (χ2v) is 27.9. The number of allylic oxidation sites excluding steroid dienone is 3. The Kier molecular flexibility index (Phi) is 62.4. The molecule has 0 aromatic heterocycles. The highest BCUT2D eigenvalue weighted by molar-refractivity contribution is 7.45. The summed E-state index contributed by atoms with van der Waals surface area (Å²) < 4.78 is 30.5. The molecule has 0 fully saturated rings. The maximum Gasteiger partial charge on any atom is 0.306 e. The van der Waals surface area contributed by atoms with Crippen molar-refractivity contribution in [2.24, 2.45) is 0 Å². The fraction of sp³-hybridized carbons (Fsp3) is 0.918. The van der Waals surface area contributed by atoms with E-state index in [1.165, 1.54) is 289 Å². The van der Waals surface area contributed by atoms with Crippen LogP contribution in [-0.4, -0.2) is 69.4 Å². The van der Waals surface area contributed by atoms with Crippen LogP contribution in [0.3, 0.4) is 0 Å². The van der Waals surface area contributed by atoms with Crippen molar-refractivity contribution in [1.29, 1.82) is 0 Å². The van der Waals surface area contributed by atoms with Crippen molar-refractivity contribution >= 4 is 19.7 Å². The molecule has 0 aliphatic rings. The summed E-state index contributed by atoms with van der Waals surface area (Å²) >= 11 is 0. The van der Waals surface area contributed by atoms with Gasteiger partial charge in [0, 0.05) is 12.8 Å². The van der Waals surface area contributed by atoms with Crippen LogP contribution in [0.2, 0.25) is 0 Å². The van der Waals surface area contributed by atoms with E-state index < -0.39 is 20.0 Å². The largest absolute Gasteiger partial charge is 0.756 e. The first-order chi connectivity index (χ1) is 40.4. The number of phosphoric acid groups is 1. The number of phosphoric ester groups is 1. The summed E-state index contributed by atoms with van der Waals surface area (Å²) in [6, 6.07) is -0.885. The molecule has 0 aromatic rings. The van der Waals surface area contributed by atoms with Gasteiger partial charge in [-0.15, -0.1) is 0 Å². The minimum absolute atomic E-state index is 0.0187. The molecule has 0 heterocycles. The average molecular weight is 1190 g/mol. The highest BCUT2D eigenvalue weighted by atomic mass is 31.2. The normalized spacial score (nSPS) is 13.6. The molecule has 1 amide bonds. The zero-order chi connectivity index (χ0) is 60.7. The number of likely N-dealkylation sites (N-methyl/N-ethyl adjacent to an activating group) is 1. The van der Waals surface area contributed by atoms with Crippen LogP contribution in [0, 0.1) is 0 Å². The summed E-state index contributed by atoms with van der Waals surface area (Å²) in [5, 5.41) is 3.05. The molecule has 3 atom stereocenters. The summed E-state index contributed by atoms with van der Waals surface area (Å²) in [6.07, 6.45) is 77.3. The van der Waals surface area contributed by atoms with E-state index in [1.54, 1.807) is 0 Å². The second-order valence-electron chi connectivity index (χ2n) is 26.5. The number of hydrogen-bond donors (Lipinski definition) is 1. The molecular formula is C73H143N2O7P. The van der Waals surface area contributed by atoms with E-state index in [4.69, 9.17) is 13.8 Å². The van der Waals surface area contributed by atoms with Gasteiger partial charge in [0.1, 0.15) is 19.3 Å². The number of unbranched alkanes of at least 4 members (excludes halogenated alkanes) is 50. The first kappa shape index (κ1) is 81.5. The number of esters is 1. The van der Waals surface area contributed by atoms with Gasteiger partial charge in [-0.3, -0.25) is 14.2 Å². The molecule has 0 saturated carbocycles. The summed E-state index contributed by atoms with van der Waals surface area (Å²) in [7, 11) is 1.21. The Bertz CT molecular complexity index is 1470. The fourth-order valence-corrected chi connectivity index (χ4v) is 12.0. The monoisotopic (exact) mass is 1190 g/mol. The molecule has 3 unspecified atom stereocenters. The van der Waals surface area contributed by atoms with Gasteiger partial charge in [-0.25, -0.2) is 0 Å². The summed E-state index contributed by atoms with van der Waals surface area (Å²) in [4.78, 5) is 40.2. The van der Waals surface area contributed by atoms with E-state index in [0.29, 0.717) is 17.4 Å². The Balaban J connectivity index is 5.03. The number of nitrogens with zero attached hydrogens (tertiary/aromatic N) is 1. The fourth-order valence-electron chi connectivity index (χ4n) is 11.2. The lowest BCUT2D eigenvalue weighted by Gasteiger charge is -2.30. The van der Waals surface area contributed by atoms with Crippen LogP contribution in [-0.2, 0) is 27.9 Å². The van der Waals surface area contributed by atoms with E-state index in [0.717, 1.165) is 57.8 Å². The minimum Gasteiger partial charge on any atom is -0.756 e. The van der Waals surface area contributed by atoms with Crippen LogP contribution in [0.15, 0.2) is 24.3 Å². The van der Waals surface area contributed by atoms with Crippen LogP contribution in [0.4, 0.5) is 0 Å². The number of carbonyl (C=O) groups is 2. The molecule has 0 aromatic carbocycles. The Labute approximate surface area is 517 Å². The van der Waals surface area contributed by atoms with Crippen LogP contribution >= 0.6 is 7.82 Å². The molecule has 1 N–H and O–H groups in total. The third-order valence-corrected chi connectivity index (χ3v) is 17.8. The van der Waals surface area contributed by atoms with Crippen molar-refractivity contribution in [2.45, 2.75) is 392 Å². The maximum atomic E-state index is 13.6. The molecule has 9 nitrogen and oxygen atoms in total. The molecule has 83 heavy (non-hydrogen) atoms. The molecule has 0 rings (SSSR count). The van der Waals surface area contributed by atoms with E-state index in [2.05, 4.69) is 38.2 Å². The quantitative estimate of drug-likeness (QED) is 0.0212. The van der Waals surface area contributed by atoms with Gasteiger partial charge in [0.25, 0.3) is 7.82 Å². The van der Waals surface area contributed by atoms with Gasteiger partial charge < -0.3 is 28.5 Å². The maximum absolute atomic E-state index is 13.6. The smallest absolute Gasteiger partial charge is 0.306 e. The van der Waals surface area contributed by atoms with Crippen LogP contribution < -0.4 is 10.2 Å². The van der Waals surface area contributed by atoms with Gasteiger partial charge in [-0.2, -0.15) is 0 Å². The molecule has 0 aliphatic carbocycles. The number of amides is 1. The van der Waals surface area contributed by atoms with E-state index in [-0.39, 0.29) is 31.5 Å². The standard InChI is InChI=1S/C73H143N2O7P/c1-7-10-13-16-19-22-25-28-30-32-34-35-36-37-38-39-41-43-45-48-51-54-57-60-63-66-73(77)82-71(64-61-58-55-52-49-46-27-24-21-18-15-12-9-3)70(69-81-83(78,79)80-68-67-75(4,5)6)74-72(76)65-62-59-56-53-50-47-44-42-40-33-31-29-26-23-20-17-14-11-8-2/h29,31,61,64,70-71H,7-28,30,32-60,62-63,65-69H2,1-6H3,(H-,74,76,78,79)/b31-29+,64-61-. The zero-order valence-electron chi connectivity index (χ0n) is 56.4. The SMILES string of the molecule is CCCCCCCC/C=C/CCCCCCCCCCCC(=O)NC(COP(=O)([O-])OCC[N+](C)(C)C)C(/C=C\CCCCCCCCCCCCC)OC(=O)CCCCCCCCCCCCCCCCCCCCCCCCCCC. The van der Waals surface area contributed by atoms with Crippen LogP contribution in [0.1, 0.15) is 380 Å². The highest BCUT2D eigenvalue weighted by Crippen LogP contribution is 2.38. The van der Waals surface area contributed by atoms with E-state index >= 15 is 0 Å². The van der Waals surface area contributed by atoms with Gasteiger partial charge in [0.15, 0.2) is 0 Å². The van der Waals surface area contributed by atoms with E-state index in [1.807, 2.05) is 33.3 Å². The molecule has 492 valence electrons. The Morgan fingerprint density at radius 2 is 0.699 bits per heavy atom. The lowest BCUT2D eigenvalue weighted by molar-refractivity contribution is -0.870. The number of quaternary nitrogens is 1. The number of rotatable bonds is 68. The lowest BCUT2D eigenvalue weighted by atomic mass is 10.0. The van der Waals surface area contributed by atoms with Crippen LogP contribution in [0.5, 0.6) is 0 Å². The van der Waals surface area contributed by atoms with Gasteiger partial charge in [-0.05, 0) is 57.4 Å². The van der Waals surface area contributed by atoms with Crippen LogP contribution in [0.25, 0.3) is 0 Å². The Morgan fingerprint density at radius 1 is 0.410 bits per heavy atom. The van der Waals surface area contributed by atoms with Gasteiger partial charge >= 0.3 is 5.97 Å². The number of hydrogen-bond acceptors (Lipinski definition) is 7. The predicted molar refractivity (Wildman–Crippen MR) is 358 cm³/mol. The molecule has 0 aliphatic heterocycles. The first-order valence-electron chi connectivity index (χ1n) is 36.6. The number of carbonyl (C=O) groups excluding carboxylic acids is 2. The second kappa shape index (κ2) is 63.5. The third-order valence-electron chi connectivity index (χ3n) is 16.9. The van der Waals surface area contributed by atoms with Crippen molar-refractivity contribution in [3.63, 3.8) is 0 Å². The van der Waals surface area contributed by atoms with Crippen molar-refractivity contribution in [2.75, 3.05) is 40.9 Å². The number of nitrogens with one attached hydrogen (secondary N) is 1. The Morgan fingerprint density at radius 3 is 1.02 bits per heavy atom. The van der Waals surface area contributed by atoms with Crippen molar-refractivity contribution < 1.29 is 37.3 Å². The Hall–Kier alpha value is -1.51. The topological polar surface area (TPSA) is 114 Å². The summed E-state index contributed by atoms with van der Waals surface area (Å²) in [6.45, 7) is 6.91. The van der Waals surface area contributed by atoms with Gasteiger partial charge in [0.05, 0.1) is 33.8 Å². The molecule has 0 bridgehead atoms. The molecular weight excluding hydrogens is 1050 g/mol. The molecule has 10 heteroatoms. The van der Waals surface area contributed by atoms with E-state index in [9.17, 15) is 19.0 Å². The average Bonchev–Trinajstić information content (AvgIpc) is 3.47. The van der Waals surface area contributed by atoms with Gasteiger partial charge in [0.2, 0.25) is 5.91 Å². The van der Waals surface area contributed by atoms with Crippen molar-refractivity contribution in [1.82, 2.24) is 5.32 Å². The van der Waals surface area contributed by atoms with Gasteiger partial charge in [-0.1, -0.05) is 334 Å². The molecule has 0 radical (unpaired) electrons. The number of ether oxygens (including phenoxy) is 1.